The van der Waals surface area contributed by atoms with Crippen LogP contribution in [0.4, 0.5) is 22.0 Å². The lowest BCUT2D eigenvalue weighted by atomic mass is 10.2. The minimum atomic E-state index is -5.61. The molecule has 0 saturated carbocycles. The first kappa shape index (κ1) is 12.9. The third-order valence-electron chi connectivity index (χ3n) is 1.87. The Bertz CT molecular complexity index is 353. The van der Waals surface area contributed by atoms with Crippen molar-refractivity contribution in [1.82, 2.24) is 9.78 Å². The van der Waals surface area contributed by atoms with Crippen LogP contribution in [-0.4, -0.2) is 16.0 Å². The quantitative estimate of drug-likeness (QED) is 0.744. The molecule has 1 rings (SSSR count). The Labute approximate surface area is 89.1 Å². The molecule has 0 aliphatic rings. The molecule has 0 spiro atoms. The number of alkyl halides is 5. The number of rotatable bonds is 3. The summed E-state index contributed by atoms with van der Waals surface area (Å²) in [5.74, 6) is -4.78. The molecular weight excluding hydrogens is 231 g/mol. The average Bonchev–Trinajstić information content (AvgIpc) is 2.49. The van der Waals surface area contributed by atoms with Crippen LogP contribution in [-0.2, 0) is 12.5 Å². The van der Waals surface area contributed by atoms with Crippen LogP contribution in [0.3, 0.4) is 0 Å². The predicted molar refractivity (Wildman–Crippen MR) is 47.0 cm³/mol. The molecule has 7 heteroatoms. The minimum absolute atomic E-state index is 0.118. The second-order valence-electron chi connectivity index (χ2n) is 3.89. The Balaban J connectivity index is 2.93. The molecule has 0 aliphatic heterocycles. The van der Waals surface area contributed by atoms with E-state index in [1.54, 1.807) is 0 Å². The minimum Gasteiger partial charge on any atom is -0.272 e. The highest BCUT2D eigenvalue weighted by Gasteiger charge is 2.60. The molecule has 0 saturated heterocycles. The zero-order valence-electron chi connectivity index (χ0n) is 8.72. The van der Waals surface area contributed by atoms with Crippen molar-refractivity contribution in [1.29, 1.82) is 0 Å². The molecule has 0 fully saturated rings. The van der Waals surface area contributed by atoms with E-state index in [2.05, 4.69) is 5.10 Å². The summed E-state index contributed by atoms with van der Waals surface area (Å²) in [6.45, 7) is 3.92. The van der Waals surface area contributed by atoms with E-state index in [-0.39, 0.29) is 5.92 Å². The highest BCUT2D eigenvalue weighted by atomic mass is 19.4. The molecule has 0 aromatic carbocycles. The summed E-state index contributed by atoms with van der Waals surface area (Å²) in [6, 6.07) is 0.690. The highest BCUT2D eigenvalue weighted by Crippen LogP contribution is 2.42. The largest absolute Gasteiger partial charge is 0.459 e. The van der Waals surface area contributed by atoms with Gasteiger partial charge in [-0.2, -0.15) is 27.1 Å². The van der Waals surface area contributed by atoms with Gasteiger partial charge in [-0.25, -0.2) is 0 Å². The van der Waals surface area contributed by atoms with E-state index in [0.717, 1.165) is 10.9 Å². The van der Waals surface area contributed by atoms with Gasteiger partial charge < -0.3 is 0 Å². The van der Waals surface area contributed by atoms with E-state index in [1.165, 1.54) is 0 Å². The molecule has 2 nitrogen and oxygen atoms in total. The van der Waals surface area contributed by atoms with Gasteiger partial charge >= 0.3 is 12.1 Å². The van der Waals surface area contributed by atoms with Crippen LogP contribution in [0.2, 0.25) is 0 Å². The maximum Gasteiger partial charge on any atom is 0.459 e. The summed E-state index contributed by atoms with van der Waals surface area (Å²) >= 11 is 0. The average molecular weight is 242 g/mol. The maximum absolute atomic E-state index is 12.8. The SMILES string of the molecule is CC(C)Cn1ccc(C(F)(F)C(F)(F)F)n1. The van der Waals surface area contributed by atoms with E-state index in [1.807, 2.05) is 13.8 Å². The molecule has 0 bridgehead atoms. The van der Waals surface area contributed by atoms with E-state index in [9.17, 15) is 22.0 Å². The van der Waals surface area contributed by atoms with Gasteiger partial charge in [-0.15, -0.1) is 0 Å². The molecular formula is C9H11F5N2. The first-order valence-electron chi connectivity index (χ1n) is 4.63. The van der Waals surface area contributed by atoms with Crippen molar-refractivity contribution in [3.8, 4) is 0 Å². The van der Waals surface area contributed by atoms with Gasteiger partial charge in [-0.3, -0.25) is 4.68 Å². The Morgan fingerprint density at radius 2 is 1.81 bits per heavy atom. The molecule has 0 radical (unpaired) electrons. The molecule has 1 aromatic rings. The smallest absolute Gasteiger partial charge is 0.272 e. The summed E-state index contributed by atoms with van der Waals surface area (Å²) in [6.07, 6.45) is -4.49. The van der Waals surface area contributed by atoms with Crippen LogP contribution >= 0.6 is 0 Å². The monoisotopic (exact) mass is 242 g/mol. The third-order valence-corrected chi connectivity index (χ3v) is 1.87. The Kier molecular flexibility index (Phi) is 3.25. The third kappa shape index (κ3) is 2.51. The van der Waals surface area contributed by atoms with Crippen LogP contribution in [0.15, 0.2) is 12.3 Å². The molecule has 92 valence electrons. The summed E-state index contributed by atoms with van der Waals surface area (Å²) in [5.41, 5.74) is -1.26. The predicted octanol–water partition coefficient (Wildman–Crippen LogP) is 3.19. The van der Waals surface area contributed by atoms with Gasteiger partial charge in [0, 0.05) is 12.7 Å². The summed E-state index contributed by atoms with van der Waals surface area (Å²) in [5, 5.41) is 3.24. The lowest BCUT2D eigenvalue weighted by molar-refractivity contribution is -0.291. The van der Waals surface area contributed by atoms with Crippen LogP contribution in [0.1, 0.15) is 19.5 Å². The van der Waals surface area contributed by atoms with Gasteiger partial charge in [0.1, 0.15) is 5.69 Å². The summed E-state index contributed by atoms with van der Waals surface area (Å²) in [7, 11) is 0. The summed E-state index contributed by atoms with van der Waals surface area (Å²) < 4.78 is 62.7. The fraction of sp³-hybridized carbons (Fsp3) is 0.667. The van der Waals surface area contributed by atoms with Crippen molar-refractivity contribution in [3.63, 3.8) is 0 Å². The number of aromatic nitrogens is 2. The van der Waals surface area contributed by atoms with Crippen LogP contribution < -0.4 is 0 Å². The maximum atomic E-state index is 12.8. The molecule has 1 heterocycles. The molecule has 0 aliphatic carbocycles. The first-order valence-corrected chi connectivity index (χ1v) is 4.63. The number of hydrogen-bond acceptors (Lipinski definition) is 1. The van der Waals surface area contributed by atoms with Gasteiger partial charge in [-0.1, -0.05) is 13.8 Å². The van der Waals surface area contributed by atoms with Gasteiger partial charge in [0.2, 0.25) is 0 Å². The second-order valence-corrected chi connectivity index (χ2v) is 3.89. The van der Waals surface area contributed by atoms with E-state index in [0.29, 0.717) is 12.6 Å². The molecule has 0 N–H and O–H groups in total. The van der Waals surface area contributed by atoms with E-state index in [4.69, 9.17) is 0 Å². The van der Waals surface area contributed by atoms with Crippen LogP contribution in [0.5, 0.6) is 0 Å². The fourth-order valence-electron chi connectivity index (χ4n) is 1.15. The normalized spacial score (nSPS) is 13.5. The standard InChI is InChI=1S/C9H11F5N2/c1-6(2)5-16-4-3-7(15-16)8(10,11)9(12,13)14/h3-4,6H,5H2,1-2H3. The number of hydrogen-bond donors (Lipinski definition) is 0. The molecule has 0 atom stereocenters. The fourth-order valence-corrected chi connectivity index (χ4v) is 1.15. The topological polar surface area (TPSA) is 17.8 Å². The zero-order chi connectivity index (χ0) is 12.6. The molecule has 0 amide bonds. The van der Waals surface area contributed by atoms with Gasteiger partial charge in [0.15, 0.2) is 0 Å². The van der Waals surface area contributed by atoms with Crippen molar-refractivity contribution in [2.75, 3.05) is 0 Å². The van der Waals surface area contributed by atoms with Crippen molar-refractivity contribution >= 4 is 0 Å². The Morgan fingerprint density at radius 1 is 1.25 bits per heavy atom. The number of halogens is 5. The van der Waals surface area contributed by atoms with Gasteiger partial charge in [0.05, 0.1) is 0 Å². The van der Waals surface area contributed by atoms with Crippen molar-refractivity contribution in [2.45, 2.75) is 32.5 Å². The Morgan fingerprint density at radius 3 is 2.25 bits per heavy atom. The van der Waals surface area contributed by atoms with Crippen molar-refractivity contribution < 1.29 is 22.0 Å². The van der Waals surface area contributed by atoms with Crippen LogP contribution in [0, 0.1) is 5.92 Å². The van der Waals surface area contributed by atoms with Gasteiger partial charge in [-0.05, 0) is 12.0 Å². The van der Waals surface area contributed by atoms with Crippen molar-refractivity contribution in [3.05, 3.63) is 18.0 Å². The van der Waals surface area contributed by atoms with E-state index < -0.39 is 17.8 Å². The highest BCUT2D eigenvalue weighted by molar-refractivity contribution is 5.09. The van der Waals surface area contributed by atoms with Crippen LogP contribution in [0.25, 0.3) is 0 Å². The number of nitrogens with zero attached hydrogens (tertiary/aromatic N) is 2. The molecule has 16 heavy (non-hydrogen) atoms. The lowest BCUT2D eigenvalue weighted by Crippen LogP contribution is -2.34. The van der Waals surface area contributed by atoms with E-state index >= 15 is 0 Å². The zero-order valence-corrected chi connectivity index (χ0v) is 8.72. The first-order chi connectivity index (χ1) is 7.14. The van der Waals surface area contributed by atoms with Gasteiger partial charge in [0.25, 0.3) is 0 Å². The lowest BCUT2D eigenvalue weighted by Gasteiger charge is -2.17. The Hall–Kier alpha value is -1.14. The van der Waals surface area contributed by atoms with Crippen molar-refractivity contribution in [2.24, 2.45) is 5.92 Å². The molecule has 1 aromatic heterocycles. The second kappa shape index (κ2) is 4.03. The summed E-state index contributed by atoms with van der Waals surface area (Å²) in [4.78, 5) is 0. The molecule has 0 unspecified atom stereocenters.